The van der Waals surface area contributed by atoms with Crippen LogP contribution in [0.25, 0.3) is 0 Å². The zero-order chi connectivity index (χ0) is 12.7. The Morgan fingerprint density at radius 3 is 2.53 bits per heavy atom. The van der Waals surface area contributed by atoms with Crippen LogP contribution in [0.3, 0.4) is 0 Å². The zero-order valence-electron chi connectivity index (χ0n) is 9.27. The molecule has 17 heavy (non-hydrogen) atoms. The zero-order valence-corrected chi connectivity index (χ0v) is 12.4. The highest BCUT2D eigenvalue weighted by molar-refractivity contribution is 7.20. The van der Waals surface area contributed by atoms with E-state index in [-0.39, 0.29) is 5.91 Å². The average Bonchev–Trinajstić information content (AvgIpc) is 2.62. The number of hydrogen-bond donors (Lipinski definition) is 1. The SMILES string of the molecule is O=C(NCCCCCCCl)c1cc(Cl)sc1Cl. The van der Waals surface area contributed by atoms with Gasteiger partial charge in [0.05, 0.1) is 9.90 Å². The third kappa shape index (κ3) is 5.47. The Bertz CT molecular complexity index is 368. The second-order valence-corrected chi connectivity index (χ2v) is 6.26. The lowest BCUT2D eigenvalue weighted by molar-refractivity contribution is 0.0953. The molecule has 0 saturated heterocycles. The Hall–Kier alpha value is 0.0400. The van der Waals surface area contributed by atoms with E-state index in [1.54, 1.807) is 6.07 Å². The van der Waals surface area contributed by atoms with Gasteiger partial charge in [-0.3, -0.25) is 4.79 Å². The van der Waals surface area contributed by atoms with Gasteiger partial charge in [0.1, 0.15) is 4.34 Å². The molecule has 6 heteroatoms. The Labute approximate surface area is 120 Å². The standard InChI is InChI=1S/C11H14Cl3NOS/c12-5-3-1-2-4-6-15-11(16)8-7-9(13)17-10(8)14/h7H,1-6H2,(H,15,16). The highest BCUT2D eigenvalue weighted by Crippen LogP contribution is 2.30. The van der Waals surface area contributed by atoms with Crippen molar-refractivity contribution in [3.8, 4) is 0 Å². The normalized spacial score (nSPS) is 10.5. The van der Waals surface area contributed by atoms with Gasteiger partial charge in [-0.15, -0.1) is 22.9 Å². The molecule has 1 aromatic heterocycles. The first kappa shape index (κ1) is 15.1. The molecule has 1 aromatic rings. The van der Waals surface area contributed by atoms with Gasteiger partial charge in [-0.05, 0) is 18.9 Å². The summed E-state index contributed by atoms with van der Waals surface area (Å²) in [5, 5.41) is 2.82. The minimum atomic E-state index is -0.157. The van der Waals surface area contributed by atoms with Gasteiger partial charge >= 0.3 is 0 Å². The topological polar surface area (TPSA) is 29.1 Å². The Kier molecular flexibility index (Phi) is 7.28. The molecule has 0 fully saturated rings. The van der Waals surface area contributed by atoms with Gasteiger partial charge in [-0.25, -0.2) is 0 Å². The summed E-state index contributed by atoms with van der Waals surface area (Å²) in [5.74, 6) is 0.547. The fraction of sp³-hybridized carbons (Fsp3) is 0.545. The summed E-state index contributed by atoms with van der Waals surface area (Å²) in [4.78, 5) is 11.7. The number of hydrogen-bond acceptors (Lipinski definition) is 2. The van der Waals surface area contributed by atoms with Crippen molar-refractivity contribution in [1.29, 1.82) is 0 Å². The predicted molar refractivity (Wildman–Crippen MR) is 75.9 cm³/mol. The van der Waals surface area contributed by atoms with Crippen LogP contribution in [0.2, 0.25) is 8.67 Å². The highest BCUT2D eigenvalue weighted by atomic mass is 35.5. The van der Waals surface area contributed by atoms with Crippen molar-refractivity contribution in [2.24, 2.45) is 0 Å². The molecule has 0 aromatic carbocycles. The number of rotatable bonds is 7. The van der Waals surface area contributed by atoms with Gasteiger partial charge in [0.15, 0.2) is 0 Å². The van der Waals surface area contributed by atoms with Crippen molar-refractivity contribution < 1.29 is 4.79 Å². The van der Waals surface area contributed by atoms with Gasteiger partial charge in [0.2, 0.25) is 0 Å². The molecule has 0 aliphatic heterocycles. The summed E-state index contributed by atoms with van der Waals surface area (Å²) >= 11 is 18.4. The minimum Gasteiger partial charge on any atom is -0.352 e. The van der Waals surface area contributed by atoms with Crippen LogP contribution in [-0.2, 0) is 0 Å². The number of unbranched alkanes of at least 4 members (excludes halogenated alkanes) is 3. The lowest BCUT2D eigenvalue weighted by atomic mass is 10.2. The van der Waals surface area contributed by atoms with E-state index >= 15 is 0 Å². The second-order valence-electron chi connectivity index (χ2n) is 3.60. The van der Waals surface area contributed by atoms with Crippen molar-refractivity contribution in [3.63, 3.8) is 0 Å². The van der Waals surface area contributed by atoms with E-state index in [9.17, 15) is 4.79 Å². The summed E-state index contributed by atoms with van der Waals surface area (Å²) in [7, 11) is 0. The number of alkyl halides is 1. The number of nitrogens with one attached hydrogen (secondary N) is 1. The molecule has 0 aliphatic rings. The Balaban J connectivity index is 2.23. The Morgan fingerprint density at radius 2 is 1.94 bits per heavy atom. The summed E-state index contributed by atoms with van der Waals surface area (Å²) < 4.78 is 0.969. The summed E-state index contributed by atoms with van der Waals surface area (Å²) in [5.41, 5.74) is 0.461. The lowest BCUT2D eigenvalue weighted by Gasteiger charge is -2.03. The molecule has 1 rings (SSSR count). The van der Waals surface area contributed by atoms with E-state index < -0.39 is 0 Å². The van der Waals surface area contributed by atoms with Crippen molar-refractivity contribution in [2.75, 3.05) is 12.4 Å². The summed E-state index contributed by atoms with van der Waals surface area (Å²) in [6, 6.07) is 1.59. The van der Waals surface area contributed by atoms with Crippen LogP contribution in [0, 0.1) is 0 Å². The molecule has 0 bridgehead atoms. The van der Waals surface area contributed by atoms with Crippen LogP contribution in [0.4, 0.5) is 0 Å². The number of halogens is 3. The summed E-state index contributed by atoms with van der Waals surface area (Å²) in [6.45, 7) is 0.658. The largest absolute Gasteiger partial charge is 0.352 e. The molecule has 0 atom stereocenters. The van der Waals surface area contributed by atoms with E-state index in [1.807, 2.05) is 0 Å². The molecule has 0 unspecified atom stereocenters. The smallest absolute Gasteiger partial charge is 0.253 e. The van der Waals surface area contributed by atoms with Gasteiger partial charge in [0, 0.05) is 12.4 Å². The predicted octanol–water partition coefficient (Wildman–Crippen LogP) is 4.58. The Morgan fingerprint density at radius 1 is 1.24 bits per heavy atom. The first-order valence-electron chi connectivity index (χ1n) is 5.44. The van der Waals surface area contributed by atoms with E-state index in [0.29, 0.717) is 26.7 Å². The highest BCUT2D eigenvalue weighted by Gasteiger charge is 2.13. The fourth-order valence-electron chi connectivity index (χ4n) is 1.37. The molecule has 0 aliphatic carbocycles. The van der Waals surface area contributed by atoms with Crippen LogP contribution in [0.5, 0.6) is 0 Å². The van der Waals surface area contributed by atoms with E-state index in [1.165, 1.54) is 11.3 Å². The first-order chi connectivity index (χ1) is 8.15. The van der Waals surface area contributed by atoms with Crippen molar-refractivity contribution >= 4 is 52.0 Å². The third-order valence-corrected chi connectivity index (χ3v) is 4.00. The van der Waals surface area contributed by atoms with E-state index in [4.69, 9.17) is 34.8 Å². The van der Waals surface area contributed by atoms with Crippen LogP contribution < -0.4 is 5.32 Å². The number of carbonyl (C=O) groups excluding carboxylic acids is 1. The fourth-order valence-corrected chi connectivity index (χ4v) is 3.01. The molecule has 1 amide bonds. The number of amides is 1. The van der Waals surface area contributed by atoms with E-state index in [0.717, 1.165) is 25.7 Å². The quantitative estimate of drug-likeness (QED) is 0.579. The maximum atomic E-state index is 11.7. The molecular weight excluding hydrogens is 301 g/mol. The van der Waals surface area contributed by atoms with Crippen molar-refractivity contribution in [2.45, 2.75) is 25.7 Å². The van der Waals surface area contributed by atoms with Gasteiger partial charge < -0.3 is 5.32 Å². The monoisotopic (exact) mass is 313 g/mol. The van der Waals surface area contributed by atoms with Gasteiger partial charge in [-0.2, -0.15) is 0 Å². The molecule has 1 N–H and O–H groups in total. The van der Waals surface area contributed by atoms with Crippen LogP contribution in [-0.4, -0.2) is 18.3 Å². The molecule has 96 valence electrons. The van der Waals surface area contributed by atoms with Crippen LogP contribution in [0.1, 0.15) is 36.0 Å². The maximum absolute atomic E-state index is 11.7. The number of carbonyl (C=O) groups is 1. The van der Waals surface area contributed by atoms with Crippen molar-refractivity contribution in [3.05, 3.63) is 20.3 Å². The molecule has 0 spiro atoms. The van der Waals surface area contributed by atoms with Crippen LogP contribution in [0.15, 0.2) is 6.07 Å². The van der Waals surface area contributed by atoms with Crippen molar-refractivity contribution in [1.82, 2.24) is 5.32 Å². The summed E-state index contributed by atoms with van der Waals surface area (Å²) in [6.07, 6.45) is 4.16. The third-order valence-electron chi connectivity index (χ3n) is 2.25. The van der Waals surface area contributed by atoms with Crippen LogP contribution >= 0.6 is 46.1 Å². The number of thiophene rings is 1. The molecule has 0 saturated carbocycles. The lowest BCUT2D eigenvalue weighted by Crippen LogP contribution is -2.24. The first-order valence-corrected chi connectivity index (χ1v) is 7.55. The van der Waals surface area contributed by atoms with Gasteiger partial charge in [-0.1, -0.05) is 36.0 Å². The maximum Gasteiger partial charge on any atom is 0.253 e. The van der Waals surface area contributed by atoms with E-state index in [2.05, 4.69) is 5.32 Å². The second kappa shape index (κ2) is 8.20. The minimum absolute atomic E-state index is 0.157. The molecular formula is C11H14Cl3NOS. The molecule has 2 nitrogen and oxygen atoms in total. The molecule has 0 radical (unpaired) electrons. The van der Waals surface area contributed by atoms with Gasteiger partial charge in [0.25, 0.3) is 5.91 Å². The average molecular weight is 315 g/mol. The molecule has 1 heterocycles.